The Labute approximate surface area is 93.0 Å². The summed E-state index contributed by atoms with van der Waals surface area (Å²) in [5, 5.41) is 4.88. The molecule has 0 fully saturated rings. The molecule has 16 heavy (non-hydrogen) atoms. The van der Waals surface area contributed by atoms with Crippen LogP contribution in [0.4, 0.5) is 4.79 Å². The Kier molecular flexibility index (Phi) is 4.78. The van der Waals surface area contributed by atoms with Crippen LogP contribution in [0.3, 0.4) is 0 Å². The Hall–Kier alpha value is -2.11. The number of alkyl carbamates (subject to hydrolysis) is 1. The Morgan fingerprint density at radius 2 is 2.19 bits per heavy atom. The minimum absolute atomic E-state index is 0.112. The lowest BCUT2D eigenvalue weighted by atomic mass is 10.3. The van der Waals surface area contributed by atoms with Gasteiger partial charge in [-0.1, -0.05) is 6.07 Å². The summed E-state index contributed by atoms with van der Waals surface area (Å²) in [5.74, 6) is -0.295. The number of nitrogens with zero attached hydrogens (tertiary/aromatic N) is 1. The maximum absolute atomic E-state index is 11.2. The fraction of sp³-hybridized carbons (Fsp3) is 0.300. The normalized spacial score (nSPS) is 9.31. The average Bonchev–Trinajstić information content (AvgIpc) is 2.34. The van der Waals surface area contributed by atoms with Crippen molar-refractivity contribution in [1.29, 1.82) is 0 Å². The van der Waals surface area contributed by atoms with E-state index in [1.807, 2.05) is 6.07 Å². The van der Waals surface area contributed by atoms with Crippen LogP contribution in [0.15, 0.2) is 24.4 Å². The van der Waals surface area contributed by atoms with Gasteiger partial charge in [0, 0.05) is 6.20 Å². The Bertz CT molecular complexity index is 354. The van der Waals surface area contributed by atoms with Gasteiger partial charge in [0.15, 0.2) is 0 Å². The monoisotopic (exact) mass is 223 g/mol. The van der Waals surface area contributed by atoms with Gasteiger partial charge in [0.05, 0.1) is 19.3 Å². The Balaban J connectivity index is 2.23. The number of carbonyl (C=O) groups is 2. The molecule has 0 saturated carbocycles. The molecular formula is C10H13N3O3. The molecule has 0 aromatic carbocycles. The van der Waals surface area contributed by atoms with E-state index in [1.165, 1.54) is 7.11 Å². The maximum Gasteiger partial charge on any atom is 0.407 e. The smallest absolute Gasteiger partial charge is 0.407 e. The molecule has 1 rings (SSSR count). The standard InChI is InChI=1S/C10H13N3O3/c1-16-10(15)13-7-9(14)12-6-8-4-2-3-5-11-8/h2-5H,6-7H2,1H3,(H,12,14)(H,13,15). The molecule has 0 aliphatic rings. The van der Waals surface area contributed by atoms with Gasteiger partial charge in [-0.3, -0.25) is 9.78 Å². The van der Waals surface area contributed by atoms with Gasteiger partial charge < -0.3 is 15.4 Å². The van der Waals surface area contributed by atoms with Gasteiger partial charge in [0.25, 0.3) is 0 Å². The number of amides is 2. The van der Waals surface area contributed by atoms with Crippen molar-refractivity contribution in [2.45, 2.75) is 6.54 Å². The van der Waals surface area contributed by atoms with Crippen LogP contribution in [0.1, 0.15) is 5.69 Å². The second-order valence-electron chi connectivity index (χ2n) is 2.94. The van der Waals surface area contributed by atoms with E-state index < -0.39 is 6.09 Å². The fourth-order valence-electron chi connectivity index (χ4n) is 0.979. The summed E-state index contributed by atoms with van der Waals surface area (Å²) in [4.78, 5) is 25.9. The number of hydrogen-bond acceptors (Lipinski definition) is 4. The third-order valence-corrected chi connectivity index (χ3v) is 1.77. The molecule has 6 heteroatoms. The number of rotatable bonds is 4. The van der Waals surface area contributed by atoms with E-state index in [1.54, 1.807) is 18.3 Å². The van der Waals surface area contributed by atoms with Crippen molar-refractivity contribution >= 4 is 12.0 Å². The molecule has 2 amide bonds. The zero-order chi connectivity index (χ0) is 11.8. The van der Waals surface area contributed by atoms with Crippen molar-refractivity contribution in [1.82, 2.24) is 15.6 Å². The second kappa shape index (κ2) is 6.39. The summed E-state index contributed by atoms with van der Waals surface area (Å²) in [5.41, 5.74) is 0.758. The van der Waals surface area contributed by atoms with Crippen LogP contribution < -0.4 is 10.6 Å². The number of hydrogen-bond donors (Lipinski definition) is 2. The molecule has 86 valence electrons. The number of methoxy groups -OCH3 is 1. The van der Waals surface area contributed by atoms with E-state index in [0.29, 0.717) is 6.54 Å². The van der Waals surface area contributed by atoms with Crippen molar-refractivity contribution in [2.75, 3.05) is 13.7 Å². The van der Waals surface area contributed by atoms with E-state index in [4.69, 9.17) is 0 Å². The number of carbonyl (C=O) groups excluding carboxylic acids is 2. The Morgan fingerprint density at radius 1 is 1.38 bits per heavy atom. The molecule has 0 saturated heterocycles. The van der Waals surface area contributed by atoms with Crippen molar-refractivity contribution in [3.63, 3.8) is 0 Å². The second-order valence-corrected chi connectivity index (χ2v) is 2.94. The summed E-state index contributed by atoms with van der Waals surface area (Å²) in [7, 11) is 1.24. The average molecular weight is 223 g/mol. The molecule has 1 aromatic heterocycles. The highest BCUT2D eigenvalue weighted by atomic mass is 16.5. The van der Waals surface area contributed by atoms with Gasteiger partial charge in [-0.05, 0) is 12.1 Å². The highest BCUT2D eigenvalue weighted by Crippen LogP contribution is 1.91. The lowest BCUT2D eigenvalue weighted by molar-refractivity contribution is -0.120. The van der Waals surface area contributed by atoms with Crippen LogP contribution in [0.25, 0.3) is 0 Å². The Morgan fingerprint density at radius 3 is 2.81 bits per heavy atom. The van der Waals surface area contributed by atoms with Gasteiger partial charge >= 0.3 is 6.09 Å². The molecule has 1 heterocycles. The zero-order valence-electron chi connectivity index (χ0n) is 8.90. The molecule has 0 atom stereocenters. The predicted octanol–water partition coefficient (Wildman–Crippen LogP) is 0.0538. The first-order valence-electron chi connectivity index (χ1n) is 4.71. The van der Waals surface area contributed by atoms with Crippen LogP contribution in [-0.4, -0.2) is 30.6 Å². The zero-order valence-corrected chi connectivity index (χ0v) is 8.90. The van der Waals surface area contributed by atoms with Crippen LogP contribution in [0.5, 0.6) is 0 Å². The number of pyridine rings is 1. The van der Waals surface area contributed by atoms with Crippen molar-refractivity contribution < 1.29 is 14.3 Å². The summed E-state index contributed by atoms with van der Waals surface area (Å²) < 4.78 is 4.32. The highest BCUT2D eigenvalue weighted by Gasteiger charge is 2.04. The third-order valence-electron chi connectivity index (χ3n) is 1.77. The van der Waals surface area contributed by atoms with Crippen LogP contribution in [0, 0.1) is 0 Å². The van der Waals surface area contributed by atoms with E-state index in [-0.39, 0.29) is 12.5 Å². The molecule has 0 unspecified atom stereocenters. The first-order chi connectivity index (χ1) is 7.72. The molecule has 0 spiro atoms. The van der Waals surface area contributed by atoms with Gasteiger partial charge in [-0.25, -0.2) is 4.79 Å². The van der Waals surface area contributed by atoms with Gasteiger partial charge in [0.2, 0.25) is 5.91 Å². The predicted molar refractivity (Wildman–Crippen MR) is 56.5 cm³/mol. The van der Waals surface area contributed by atoms with Gasteiger partial charge in [-0.2, -0.15) is 0 Å². The SMILES string of the molecule is COC(=O)NCC(=O)NCc1ccccn1. The number of ether oxygens (including phenoxy) is 1. The molecule has 0 bridgehead atoms. The maximum atomic E-state index is 11.2. The topological polar surface area (TPSA) is 80.3 Å². The summed E-state index contributed by atoms with van der Waals surface area (Å²) >= 11 is 0. The van der Waals surface area contributed by atoms with Crippen molar-refractivity contribution in [3.8, 4) is 0 Å². The molecule has 0 aliphatic carbocycles. The van der Waals surface area contributed by atoms with Crippen molar-refractivity contribution in [3.05, 3.63) is 30.1 Å². The summed E-state index contributed by atoms with van der Waals surface area (Å²) in [6.07, 6.45) is 1.02. The largest absolute Gasteiger partial charge is 0.453 e. The minimum atomic E-state index is -0.631. The van der Waals surface area contributed by atoms with E-state index in [0.717, 1.165) is 5.69 Å². The molecule has 0 aliphatic heterocycles. The quantitative estimate of drug-likeness (QED) is 0.756. The summed E-state index contributed by atoms with van der Waals surface area (Å²) in [6.45, 7) is 0.224. The fourth-order valence-corrected chi connectivity index (χ4v) is 0.979. The first kappa shape index (κ1) is 12.0. The van der Waals surface area contributed by atoms with Gasteiger partial charge in [-0.15, -0.1) is 0 Å². The lowest BCUT2D eigenvalue weighted by Crippen LogP contribution is -2.36. The molecule has 6 nitrogen and oxygen atoms in total. The van der Waals surface area contributed by atoms with Gasteiger partial charge in [0.1, 0.15) is 6.54 Å². The third kappa shape index (κ3) is 4.41. The first-order valence-corrected chi connectivity index (χ1v) is 4.71. The lowest BCUT2D eigenvalue weighted by Gasteiger charge is -2.05. The van der Waals surface area contributed by atoms with Crippen LogP contribution >= 0.6 is 0 Å². The van der Waals surface area contributed by atoms with Crippen LogP contribution in [-0.2, 0) is 16.1 Å². The molecule has 0 radical (unpaired) electrons. The summed E-state index contributed by atoms with van der Waals surface area (Å²) in [6, 6.07) is 5.43. The number of nitrogens with one attached hydrogen (secondary N) is 2. The highest BCUT2D eigenvalue weighted by molar-refractivity contribution is 5.81. The number of aromatic nitrogens is 1. The molecular weight excluding hydrogens is 210 g/mol. The van der Waals surface area contributed by atoms with E-state index >= 15 is 0 Å². The molecule has 2 N–H and O–H groups in total. The van der Waals surface area contributed by atoms with Crippen molar-refractivity contribution in [2.24, 2.45) is 0 Å². The molecule has 1 aromatic rings. The van der Waals surface area contributed by atoms with E-state index in [9.17, 15) is 9.59 Å². The van der Waals surface area contributed by atoms with E-state index in [2.05, 4.69) is 20.4 Å². The van der Waals surface area contributed by atoms with Crippen LogP contribution in [0.2, 0.25) is 0 Å². The minimum Gasteiger partial charge on any atom is -0.453 e.